The Morgan fingerprint density at radius 2 is 2.05 bits per heavy atom. The lowest BCUT2D eigenvalue weighted by Gasteiger charge is -2.33. The number of piperidine rings is 1. The van der Waals surface area contributed by atoms with Gasteiger partial charge in [0.2, 0.25) is 5.91 Å². The van der Waals surface area contributed by atoms with Crippen LogP contribution in [0.2, 0.25) is 0 Å². The fraction of sp³-hybridized carbons (Fsp3) is 0.632. The van der Waals surface area contributed by atoms with Crippen molar-refractivity contribution in [1.29, 1.82) is 0 Å². The van der Waals surface area contributed by atoms with E-state index in [1.807, 2.05) is 0 Å². The standard InChI is InChI=1S/C19H26N2O/c1-13-4-5-15-3-2-8-21(18(15)9-13)19(22)12-14-10-16-6-7-17(11-14)20-16/h4-5,9,14,16-17,20H,2-3,6-8,10-12H2,1H3. The molecule has 2 unspecified atom stereocenters. The second kappa shape index (κ2) is 5.69. The monoisotopic (exact) mass is 298 g/mol. The van der Waals surface area contributed by atoms with Crippen molar-refractivity contribution in [2.45, 2.75) is 64.0 Å². The van der Waals surface area contributed by atoms with E-state index in [9.17, 15) is 4.79 Å². The van der Waals surface area contributed by atoms with Crippen LogP contribution < -0.4 is 10.2 Å². The number of nitrogens with zero attached hydrogens (tertiary/aromatic N) is 1. The largest absolute Gasteiger partial charge is 0.312 e. The van der Waals surface area contributed by atoms with Gasteiger partial charge in [0.15, 0.2) is 0 Å². The van der Waals surface area contributed by atoms with Gasteiger partial charge in [-0.3, -0.25) is 4.79 Å². The van der Waals surface area contributed by atoms with E-state index in [1.54, 1.807) is 0 Å². The number of anilines is 1. The lowest BCUT2D eigenvalue weighted by atomic mass is 9.88. The summed E-state index contributed by atoms with van der Waals surface area (Å²) in [5.74, 6) is 0.930. The summed E-state index contributed by atoms with van der Waals surface area (Å²) in [6.45, 7) is 3.01. The van der Waals surface area contributed by atoms with Gasteiger partial charge in [0, 0.05) is 30.7 Å². The Balaban J connectivity index is 1.48. The minimum absolute atomic E-state index is 0.345. The molecule has 0 aliphatic carbocycles. The molecule has 118 valence electrons. The molecule has 3 aliphatic heterocycles. The molecular formula is C19H26N2O. The molecule has 1 amide bonds. The molecule has 0 spiro atoms. The van der Waals surface area contributed by atoms with Gasteiger partial charge in [-0.15, -0.1) is 0 Å². The maximum Gasteiger partial charge on any atom is 0.227 e. The van der Waals surface area contributed by atoms with Gasteiger partial charge >= 0.3 is 0 Å². The van der Waals surface area contributed by atoms with Crippen molar-refractivity contribution in [3.05, 3.63) is 29.3 Å². The van der Waals surface area contributed by atoms with Crippen molar-refractivity contribution in [3.63, 3.8) is 0 Å². The molecule has 4 rings (SSSR count). The van der Waals surface area contributed by atoms with Gasteiger partial charge in [0.25, 0.3) is 0 Å². The molecule has 3 aliphatic rings. The lowest BCUT2D eigenvalue weighted by molar-refractivity contribution is -0.119. The van der Waals surface area contributed by atoms with Gasteiger partial charge in [-0.1, -0.05) is 12.1 Å². The lowest BCUT2D eigenvalue weighted by Crippen LogP contribution is -2.41. The minimum atomic E-state index is 0.345. The summed E-state index contributed by atoms with van der Waals surface area (Å²) in [7, 11) is 0. The van der Waals surface area contributed by atoms with Crippen LogP contribution in [0.15, 0.2) is 18.2 Å². The summed E-state index contributed by atoms with van der Waals surface area (Å²) in [5, 5.41) is 3.67. The van der Waals surface area contributed by atoms with E-state index in [1.165, 1.54) is 42.5 Å². The third kappa shape index (κ3) is 2.67. The zero-order valence-electron chi connectivity index (χ0n) is 13.5. The van der Waals surface area contributed by atoms with Gasteiger partial charge < -0.3 is 10.2 Å². The molecule has 2 atom stereocenters. The van der Waals surface area contributed by atoms with E-state index in [4.69, 9.17) is 0 Å². The average Bonchev–Trinajstić information content (AvgIpc) is 2.85. The number of hydrogen-bond acceptors (Lipinski definition) is 2. The Hall–Kier alpha value is -1.35. The highest BCUT2D eigenvalue weighted by atomic mass is 16.2. The quantitative estimate of drug-likeness (QED) is 0.909. The molecule has 1 aromatic rings. The number of amides is 1. The number of fused-ring (bicyclic) bond motifs is 3. The Morgan fingerprint density at radius 3 is 2.82 bits per heavy atom. The highest BCUT2D eigenvalue weighted by Gasteiger charge is 2.35. The van der Waals surface area contributed by atoms with Crippen LogP contribution in [0.5, 0.6) is 0 Å². The molecule has 0 aromatic heterocycles. The van der Waals surface area contributed by atoms with Crippen LogP contribution in [0, 0.1) is 12.8 Å². The fourth-order valence-corrected chi connectivity index (χ4v) is 4.64. The topological polar surface area (TPSA) is 32.3 Å². The molecule has 3 heterocycles. The molecule has 2 saturated heterocycles. The normalized spacial score (nSPS) is 30.2. The van der Waals surface area contributed by atoms with Crippen LogP contribution in [0.25, 0.3) is 0 Å². The van der Waals surface area contributed by atoms with E-state index < -0.39 is 0 Å². The summed E-state index contributed by atoms with van der Waals surface area (Å²) in [6.07, 6.45) is 7.94. The highest BCUT2D eigenvalue weighted by Crippen LogP contribution is 2.34. The van der Waals surface area contributed by atoms with E-state index in [2.05, 4.69) is 35.3 Å². The third-order valence-corrected chi connectivity index (χ3v) is 5.69. The van der Waals surface area contributed by atoms with Crippen LogP contribution in [-0.2, 0) is 11.2 Å². The molecule has 3 nitrogen and oxygen atoms in total. The van der Waals surface area contributed by atoms with Crippen LogP contribution in [0.3, 0.4) is 0 Å². The van der Waals surface area contributed by atoms with Crippen LogP contribution in [0.4, 0.5) is 5.69 Å². The van der Waals surface area contributed by atoms with Crippen LogP contribution in [-0.4, -0.2) is 24.5 Å². The molecule has 0 saturated carbocycles. The smallest absolute Gasteiger partial charge is 0.227 e. The van der Waals surface area contributed by atoms with E-state index in [0.717, 1.165) is 25.8 Å². The number of carbonyl (C=O) groups excluding carboxylic acids is 1. The second-order valence-electron chi connectivity index (χ2n) is 7.46. The molecule has 2 bridgehead atoms. The Labute approximate surface area is 133 Å². The van der Waals surface area contributed by atoms with E-state index in [0.29, 0.717) is 23.9 Å². The number of carbonyl (C=O) groups is 1. The first-order valence-corrected chi connectivity index (χ1v) is 8.85. The number of benzene rings is 1. The fourth-order valence-electron chi connectivity index (χ4n) is 4.64. The summed E-state index contributed by atoms with van der Waals surface area (Å²) in [6, 6.07) is 7.91. The maximum atomic E-state index is 12.9. The van der Waals surface area contributed by atoms with Crippen LogP contribution >= 0.6 is 0 Å². The Morgan fingerprint density at radius 1 is 1.27 bits per heavy atom. The predicted molar refractivity (Wildman–Crippen MR) is 89.1 cm³/mol. The summed E-state index contributed by atoms with van der Waals surface area (Å²) in [4.78, 5) is 14.9. The Kier molecular flexibility index (Phi) is 3.69. The molecular weight excluding hydrogens is 272 g/mol. The van der Waals surface area contributed by atoms with Gasteiger partial charge in [-0.05, 0) is 68.6 Å². The van der Waals surface area contributed by atoms with Gasteiger partial charge in [-0.2, -0.15) is 0 Å². The summed E-state index contributed by atoms with van der Waals surface area (Å²) >= 11 is 0. The molecule has 1 aromatic carbocycles. The number of nitrogens with one attached hydrogen (secondary N) is 1. The van der Waals surface area contributed by atoms with Crippen molar-refractivity contribution in [3.8, 4) is 0 Å². The summed E-state index contributed by atoms with van der Waals surface area (Å²) < 4.78 is 0. The number of rotatable bonds is 2. The first kappa shape index (κ1) is 14.3. The SMILES string of the molecule is Cc1ccc2c(c1)N(C(=O)CC1CC3CCC(C1)N3)CCC2. The van der Waals surface area contributed by atoms with Gasteiger partial charge in [-0.25, -0.2) is 0 Å². The van der Waals surface area contributed by atoms with Crippen molar-refractivity contribution >= 4 is 11.6 Å². The van der Waals surface area contributed by atoms with Crippen molar-refractivity contribution in [2.75, 3.05) is 11.4 Å². The third-order valence-electron chi connectivity index (χ3n) is 5.69. The molecule has 22 heavy (non-hydrogen) atoms. The van der Waals surface area contributed by atoms with E-state index >= 15 is 0 Å². The molecule has 0 radical (unpaired) electrons. The first-order valence-electron chi connectivity index (χ1n) is 8.85. The van der Waals surface area contributed by atoms with Gasteiger partial charge in [0.1, 0.15) is 0 Å². The zero-order chi connectivity index (χ0) is 15.1. The van der Waals surface area contributed by atoms with Crippen molar-refractivity contribution in [2.24, 2.45) is 5.92 Å². The zero-order valence-corrected chi connectivity index (χ0v) is 13.5. The Bertz CT molecular complexity index is 571. The van der Waals surface area contributed by atoms with Crippen molar-refractivity contribution < 1.29 is 4.79 Å². The average molecular weight is 298 g/mol. The number of hydrogen-bond donors (Lipinski definition) is 1. The number of aryl methyl sites for hydroxylation is 2. The van der Waals surface area contributed by atoms with Gasteiger partial charge in [0.05, 0.1) is 0 Å². The van der Waals surface area contributed by atoms with Crippen LogP contribution in [0.1, 0.15) is 49.7 Å². The van der Waals surface area contributed by atoms with Crippen molar-refractivity contribution in [1.82, 2.24) is 5.32 Å². The molecule has 3 heteroatoms. The molecule has 2 fully saturated rings. The minimum Gasteiger partial charge on any atom is -0.312 e. The highest BCUT2D eigenvalue weighted by molar-refractivity contribution is 5.94. The summed E-state index contributed by atoms with van der Waals surface area (Å²) in [5.41, 5.74) is 3.77. The molecule has 1 N–H and O–H groups in total. The predicted octanol–water partition coefficient (Wildman–Crippen LogP) is 3.19. The maximum absolute atomic E-state index is 12.9. The first-order chi connectivity index (χ1) is 10.7. The second-order valence-corrected chi connectivity index (χ2v) is 7.46. The van der Waals surface area contributed by atoms with E-state index in [-0.39, 0.29) is 0 Å².